The summed E-state index contributed by atoms with van der Waals surface area (Å²) in [6.07, 6.45) is 0. The van der Waals surface area contributed by atoms with Gasteiger partial charge in [0.1, 0.15) is 0 Å². The number of hydrogen-bond acceptors (Lipinski definition) is 5. The monoisotopic (exact) mass is 419 g/mol. The summed E-state index contributed by atoms with van der Waals surface area (Å²) in [6.45, 7) is 9.58. The molecule has 0 aliphatic rings. The number of benzene rings is 3. The van der Waals surface area contributed by atoms with Crippen molar-refractivity contribution in [3.05, 3.63) is 52.7 Å². The molecule has 0 unspecified atom stereocenters. The molecule has 4 rings (SSSR count). The Morgan fingerprint density at radius 2 is 1.77 bits per heavy atom. The normalized spacial score (nSPS) is 11.7. The highest BCUT2D eigenvalue weighted by molar-refractivity contribution is 7.24. The van der Waals surface area contributed by atoms with Crippen LogP contribution in [0.4, 0.5) is 11.4 Å². The highest BCUT2D eigenvalue weighted by Gasteiger charge is 2.23. The van der Waals surface area contributed by atoms with Crippen molar-refractivity contribution in [2.75, 3.05) is 10.2 Å². The molecule has 0 bridgehead atoms. The molecule has 0 radical (unpaired) electrons. The first-order valence-corrected chi connectivity index (χ1v) is 10.9. The topological polar surface area (TPSA) is 62.3 Å². The van der Waals surface area contributed by atoms with Gasteiger partial charge in [0.05, 0.1) is 31.5 Å². The number of aromatic nitrogens is 1. The molecule has 30 heavy (non-hydrogen) atoms. The molecule has 1 heterocycles. The summed E-state index contributed by atoms with van der Waals surface area (Å²) >= 11 is 1.62. The zero-order valence-electron chi connectivity index (χ0n) is 17.8. The molecule has 0 aliphatic carbocycles. The minimum atomic E-state index is -0.108. The van der Waals surface area contributed by atoms with Crippen molar-refractivity contribution in [2.45, 2.75) is 46.7 Å². The van der Waals surface area contributed by atoms with Crippen molar-refractivity contribution in [3.8, 4) is 0 Å². The molecule has 1 amide bonds. The number of amides is 1. The average molecular weight is 420 g/mol. The van der Waals surface area contributed by atoms with Crippen molar-refractivity contribution in [3.63, 3.8) is 0 Å². The van der Waals surface area contributed by atoms with Gasteiger partial charge in [-0.05, 0) is 58.0 Å². The van der Waals surface area contributed by atoms with E-state index in [0.717, 1.165) is 31.5 Å². The first-order chi connectivity index (χ1) is 14.3. The molecule has 0 atom stereocenters. The molecular weight excluding hydrogens is 394 g/mol. The lowest BCUT2D eigenvalue weighted by atomic mass is 10.0. The van der Waals surface area contributed by atoms with Gasteiger partial charge in [-0.3, -0.25) is 9.59 Å². The first-order valence-electron chi connectivity index (χ1n) is 10.1. The SMILES string of the molecule is CC(=O)N(c1cc2sc3ccccc3nc2c2c(NC(C)C)ccc(=O)c12)C(C)C. The Bertz CT molecular complexity index is 1340. The Morgan fingerprint density at radius 3 is 2.43 bits per heavy atom. The highest BCUT2D eigenvalue weighted by Crippen LogP contribution is 2.39. The van der Waals surface area contributed by atoms with Gasteiger partial charge >= 0.3 is 0 Å². The van der Waals surface area contributed by atoms with Gasteiger partial charge in [-0.15, -0.1) is 11.3 Å². The molecule has 4 aromatic rings. The first kappa shape index (κ1) is 20.3. The number of nitrogens with zero attached hydrogens (tertiary/aromatic N) is 2. The van der Waals surface area contributed by atoms with E-state index in [0.29, 0.717) is 11.1 Å². The molecule has 0 spiro atoms. The molecule has 1 N–H and O–H groups in total. The second-order valence-corrected chi connectivity index (χ2v) is 9.15. The summed E-state index contributed by atoms with van der Waals surface area (Å²) in [5, 5.41) is 4.77. The van der Waals surface area contributed by atoms with Gasteiger partial charge in [0.2, 0.25) is 5.91 Å². The summed E-state index contributed by atoms with van der Waals surface area (Å²) in [7, 11) is 0. The number of para-hydroxylation sites is 1. The zero-order valence-corrected chi connectivity index (χ0v) is 18.6. The van der Waals surface area contributed by atoms with Gasteiger partial charge in [-0.1, -0.05) is 12.1 Å². The number of hydrogen-bond donors (Lipinski definition) is 1. The van der Waals surface area contributed by atoms with Gasteiger partial charge in [-0.2, -0.15) is 0 Å². The largest absolute Gasteiger partial charge is 0.382 e. The van der Waals surface area contributed by atoms with Crippen LogP contribution in [-0.4, -0.2) is 23.0 Å². The third-order valence-corrected chi connectivity index (χ3v) is 6.13. The van der Waals surface area contributed by atoms with Crippen LogP contribution in [0.1, 0.15) is 34.6 Å². The fourth-order valence-corrected chi connectivity index (χ4v) is 4.98. The van der Waals surface area contributed by atoms with E-state index in [9.17, 15) is 9.59 Å². The van der Waals surface area contributed by atoms with E-state index in [1.807, 2.05) is 50.2 Å². The van der Waals surface area contributed by atoms with Crippen LogP contribution in [0.15, 0.2) is 47.3 Å². The Labute approximate surface area is 179 Å². The van der Waals surface area contributed by atoms with E-state index in [-0.39, 0.29) is 23.4 Å². The van der Waals surface area contributed by atoms with E-state index in [4.69, 9.17) is 4.98 Å². The van der Waals surface area contributed by atoms with Crippen LogP contribution in [0, 0.1) is 0 Å². The van der Waals surface area contributed by atoms with Gasteiger partial charge in [-0.25, -0.2) is 4.98 Å². The van der Waals surface area contributed by atoms with E-state index in [1.54, 1.807) is 29.2 Å². The third-order valence-electron chi connectivity index (χ3n) is 5.04. The van der Waals surface area contributed by atoms with Gasteiger partial charge in [0.15, 0.2) is 5.43 Å². The van der Waals surface area contributed by atoms with Crippen LogP contribution < -0.4 is 15.6 Å². The second kappa shape index (κ2) is 7.69. The fourth-order valence-electron chi connectivity index (χ4n) is 3.97. The van der Waals surface area contributed by atoms with Crippen molar-refractivity contribution < 1.29 is 4.79 Å². The lowest BCUT2D eigenvalue weighted by Gasteiger charge is -2.27. The number of carbonyl (C=O) groups is 1. The molecule has 0 fully saturated rings. The van der Waals surface area contributed by atoms with Crippen LogP contribution in [-0.2, 0) is 4.79 Å². The number of fused-ring (bicyclic) bond motifs is 4. The lowest BCUT2D eigenvalue weighted by Crippen LogP contribution is -2.35. The van der Waals surface area contributed by atoms with Crippen molar-refractivity contribution in [1.29, 1.82) is 0 Å². The molecule has 0 saturated heterocycles. The minimum Gasteiger partial charge on any atom is -0.382 e. The van der Waals surface area contributed by atoms with Crippen molar-refractivity contribution >= 4 is 59.8 Å². The Morgan fingerprint density at radius 1 is 1.03 bits per heavy atom. The van der Waals surface area contributed by atoms with Crippen molar-refractivity contribution in [1.82, 2.24) is 4.98 Å². The summed E-state index contributed by atoms with van der Waals surface area (Å²) < 4.78 is 2.01. The van der Waals surface area contributed by atoms with E-state index in [2.05, 4.69) is 19.2 Å². The average Bonchev–Trinajstić information content (AvgIpc) is 2.67. The van der Waals surface area contributed by atoms with Crippen LogP contribution in [0.3, 0.4) is 0 Å². The number of nitrogens with one attached hydrogen (secondary N) is 1. The molecule has 6 heteroatoms. The number of carbonyl (C=O) groups excluding carboxylic acids is 1. The van der Waals surface area contributed by atoms with Gasteiger partial charge < -0.3 is 10.2 Å². The number of rotatable bonds is 4. The molecule has 0 saturated carbocycles. The van der Waals surface area contributed by atoms with Gasteiger partial charge in [0.25, 0.3) is 0 Å². The second-order valence-electron chi connectivity index (χ2n) is 8.07. The predicted octanol–water partition coefficient (Wildman–Crippen LogP) is 5.54. The van der Waals surface area contributed by atoms with Crippen LogP contribution in [0.2, 0.25) is 0 Å². The maximum atomic E-state index is 13.1. The maximum Gasteiger partial charge on any atom is 0.224 e. The summed E-state index contributed by atoms with van der Waals surface area (Å²) in [5.41, 5.74) is 3.07. The highest BCUT2D eigenvalue weighted by atomic mass is 32.1. The molecule has 0 aliphatic heterocycles. The fraction of sp³-hybridized carbons (Fsp3) is 0.292. The summed E-state index contributed by atoms with van der Waals surface area (Å²) in [4.78, 5) is 32.3. The summed E-state index contributed by atoms with van der Waals surface area (Å²) in [6, 6.07) is 13.4. The predicted molar refractivity (Wildman–Crippen MR) is 128 cm³/mol. The smallest absolute Gasteiger partial charge is 0.224 e. The molecule has 5 nitrogen and oxygen atoms in total. The Kier molecular flexibility index (Phi) is 5.20. The van der Waals surface area contributed by atoms with E-state index < -0.39 is 0 Å². The number of anilines is 2. The lowest BCUT2D eigenvalue weighted by molar-refractivity contribution is -0.116. The van der Waals surface area contributed by atoms with Crippen molar-refractivity contribution in [2.24, 2.45) is 0 Å². The molecule has 3 aromatic carbocycles. The zero-order chi connectivity index (χ0) is 21.6. The maximum absolute atomic E-state index is 13.1. The van der Waals surface area contributed by atoms with Crippen LogP contribution >= 0.6 is 11.3 Å². The molecule has 1 aromatic heterocycles. The Hall–Kier alpha value is -2.99. The third kappa shape index (κ3) is 3.41. The molecular formula is C24H25N3O2S. The van der Waals surface area contributed by atoms with Crippen LogP contribution in [0.5, 0.6) is 0 Å². The summed E-state index contributed by atoms with van der Waals surface area (Å²) in [5.74, 6) is -0.0916. The Balaban J connectivity index is 2.24. The van der Waals surface area contributed by atoms with Gasteiger partial charge in [0, 0.05) is 30.1 Å². The molecule has 154 valence electrons. The van der Waals surface area contributed by atoms with Crippen LogP contribution in [0.25, 0.3) is 31.2 Å². The minimum absolute atomic E-state index is 0.0809. The standard InChI is InChI=1S/C24H25N3O2S/c1-13(2)25-17-10-11-19(29)23-18(27(14(3)4)15(5)28)12-21-24(22(17)23)26-16-8-6-7-9-20(16)30-21/h6-14,25H,1-5H3. The van der Waals surface area contributed by atoms with E-state index >= 15 is 0 Å². The quantitative estimate of drug-likeness (QED) is 0.348. The van der Waals surface area contributed by atoms with E-state index in [1.165, 1.54) is 0 Å².